The van der Waals surface area contributed by atoms with Crippen molar-refractivity contribution in [1.82, 2.24) is 9.55 Å². The molecule has 18 heavy (non-hydrogen) atoms. The molecule has 0 amide bonds. The van der Waals surface area contributed by atoms with Gasteiger partial charge in [0.2, 0.25) is 0 Å². The van der Waals surface area contributed by atoms with E-state index in [0.29, 0.717) is 9.99 Å². The van der Waals surface area contributed by atoms with E-state index in [0.717, 1.165) is 24.2 Å². The molecule has 1 aromatic heterocycles. The summed E-state index contributed by atoms with van der Waals surface area (Å²) in [5.74, 6) is 0.533. The normalized spacial score (nSPS) is 19.2. The minimum Gasteiger partial charge on any atom is -0.321 e. The molecule has 1 unspecified atom stereocenters. The van der Waals surface area contributed by atoms with Gasteiger partial charge in [-0.15, -0.1) is 11.6 Å². The molecule has 0 saturated heterocycles. The van der Waals surface area contributed by atoms with Crippen molar-refractivity contribution >= 4 is 38.6 Å². The van der Waals surface area contributed by atoms with Crippen molar-refractivity contribution in [3.63, 3.8) is 0 Å². The Hall–Kier alpha value is -0.610. The van der Waals surface area contributed by atoms with Gasteiger partial charge in [0, 0.05) is 11.6 Å². The number of nitrogens with zero attached hydrogens (tertiary/aromatic N) is 2. The van der Waals surface area contributed by atoms with Gasteiger partial charge in [0.1, 0.15) is 11.6 Å². The van der Waals surface area contributed by atoms with Crippen LogP contribution in [-0.2, 0) is 5.54 Å². The molecule has 1 saturated carbocycles. The fraction of sp³-hybridized carbons (Fsp3) is 0.462. The SMILES string of the molecule is CC(Cl)c1nc2cc(F)c(Br)cc2n1C1(C)CC1. The average Bonchev–Trinajstić information content (AvgIpc) is 2.90. The monoisotopic (exact) mass is 330 g/mol. The van der Waals surface area contributed by atoms with Gasteiger partial charge in [-0.25, -0.2) is 9.37 Å². The van der Waals surface area contributed by atoms with Crippen molar-refractivity contribution < 1.29 is 4.39 Å². The zero-order chi connectivity index (χ0) is 13.1. The van der Waals surface area contributed by atoms with Crippen molar-refractivity contribution in [2.75, 3.05) is 0 Å². The van der Waals surface area contributed by atoms with Crippen molar-refractivity contribution in [1.29, 1.82) is 0 Å². The predicted octanol–water partition coefficient (Wildman–Crippen LogP) is 4.75. The minimum atomic E-state index is -0.290. The first kappa shape index (κ1) is 12.4. The molecule has 0 radical (unpaired) electrons. The van der Waals surface area contributed by atoms with Gasteiger partial charge in [-0.05, 0) is 48.7 Å². The van der Waals surface area contributed by atoms with Crippen LogP contribution in [0.5, 0.6) is 0 Å². The lowest BCUT2D eigenvalue weighted by Crippen LogP contribution is -2.16. The molecule has 2 aromatic rings. The van der Waals surface area contributed by atoms with Crippen LogP contribution in [0.3, 0.4) is 0 Å². The first-order valence-corrected chi connectivity index (χ1v) is 7.17. The highest BCUT2D eigenvalue weighted by atomic mass is 79.9. The Kier molecular flexibility index (Phi) is 2.72. The molecule has 96 valence electrons. The maximum Gasteiger partial charge on any atom is 0.139 e. The van der Waals surface area contributed by atoms with Gasteiger partial charge in [-0.1, -0.05) is 0 Å². The van der Waals surface area contributed by atoms with Gasteiger partial charge < -0.3 is 4.57 Å². The molecule has 1 aliphatic rings. The maximum absolute atomic E-state index is 13.6. The van der Waals surface area contributed by atoms with Crippen LogP contribution >= 0.6 is 27.5 Å². The van der Waals surface area contributed by atoms with Crippen molar-refractivity contribution in [3.05, 3.63) is 28.2 Å². The maximum atomic E-state index is 13.6. The fourth-order valence-electron chi connectivity index (χ4n) is 2.33. The van der Waals surface area contributed by atoms with Crippen LogP contribution in [0, 0.1) is 5.82 Å². The van der Waals surface area contributed by atoms with Crippen LogP contribution in [0.4, 0.5) is 4.39 Å². The molecule has 5 heteroatoms. The summed E-state index contributed by atoms with van der Waals surface area (Å²) >= 11 is 9.44. The number of halogens is 3. The number of alkyl halides is 1. The Labute approximate surface area is 118 Å². The molecule has 1 atom stereocenters. The third kappa shape index (κ3) is 1.77. The molecule has 1 heterocycles. The van der Waals surface area contributed by atoms with Crippen LogP contribution in [-0.4, -0.2) is 9.55 Å². The molecule has 1 aromatic carbocycles. The van der Waals surface area contributed by atoms with Gasteiger partial charge in [-0.2, -0.15) is 0 Å². The molecule has 0 bridgehead atoms. The molecular formula is C13H13BrClFN2. The highest BCUT2D eigenvalue weighted by Gasteiger charge is 2.42. The average molecular weight is 332 g/mol. The largest absolute Gasteiger partial charge is 0.321 e. The van der Waals surface area contributed by atoms with Crippen LogP contribution in [0.2, 0.25) is 0 Å². The first-order valence-electron chi connectivity index (χ1n) is 5.94. The van der Waals surface area contributed by atoms with Crippen LogP contribution in [0.15, 0.2) is 16.6 Å². The zero-order valence-electron chi connectivity index (χ0n) is 10.2. The Morgan fingerprint density at radius 2 is 2.17 bits per heavy atom. The second-order valence-corrected chi connectivity index (χ2v) is 6.68. The second-order valence-electron chi connectivity index (χ2n) is 5.17. The van der Waals surface area contributed by atoms with E-state index in [1.165, 1.54) is 6.07 Å². The summed E-state index contributed by atoms with van der Waals surface area (Å²) in [7, 11) is 0. The van der Waals surface area contributed by atoms with E-state index in [9.17, 15) is 4.39 Å². The van der Waals surface area contributed by atoms with Gasteiger partial charge >= 0.3 is 0 Å². The van der Waals surface area contributed by atoms with Gasteiger partial charge in [0.15, 0.2) is 0 Å². The summed E-state index contributed by atoms with van der Waals surface area (Å²) < 4.78 is 16.2. The third-order valence-corrected chi connectivity index (χ3v) is 4.39. The Morgan fingerprint density at radius 3 is 2.72 bits per heavy atom. The predicted molar refractivity (Wildman–Crippen MR) is 74.5 cm³/mol. The smallest absolute Gasteiger partial charge is 0.139 e. The van der Waals surface area contributed by atoms with E-state index in [2.05, 4.69) is 32.4 Å². The lowest BCUT2D eigenvalue weighted by molar-refractivity contribution is 0.522. The Bertz CT molecular complexity index is 631. The quantitative estimate of drug-likeness (QED) is 0.726. The summed E-state index contributed by atoms with van der Waals surface area (Å²) in [4.78, 5) is 4.49. The number of hydrogen-bond acceptors (Lipinski definition) is 1. The van der Waals surface area contributed by atoms with Crippen molar-refractivity contribution in [3.8, 4) is 0 Å². The molecule has 0 N–H and O–H groups in total. The van der Waals surface area contributed by atoms with E-state index in [1.54, 1.807) is 6.07 Å². The van der Waals surface area contributed by atoms with E-state index >= 15 is 0 Å². The lowest BCUT2D eigenvalue weighted by Gasteiger charge is -2.17. The topological polar surface area (TPSA) is 17.8 Å². The van der Waals surface area contributed by atoms with Crippen LogP contribution in [0.1, 0.15) is 37.9 Å². The number of fused-ring (bicyclic) bond motifs is 1. The number of benzene rings is 1. The van der Waals surface area contributed by atoms with Gasteiger partial charge in [-0.3, -0.25) is 0 Å². The van der Waals surface area contributed by atoms with E-state index in [1.807, 2.05) is 6.92 Å². The van der Waals surface area contributed by atoms with E-state index < -0.39 is 0 Å². The van der Waals surface area contributed by atoms with Gasteiger partial charge in [0.05, 0.1) is 20.9 Å². The van der Waals surface area contributed by atoms with E-state index in [-0.39, 0.29) is 16.7 Å². The number of rotatable bonds is 2. The van der Waals surface area contributed by atoms with Crippen LogP contribution in [0.25, 0.3) is 11.0 Å². The number of hydrogen-bond donors (Lipinski definition) is 0. The van der Waals surface area contributed by atoms with Crippen molar-refractivity contribution in [2.24, 2.45) is 0 Å². The second kappa shape index (κ2) is 3.94. The summed E-state index contributed by atoms with van der Waals surface area (Å²) in [6, 6.07) is 3.26. The summed E-state index contributed by atoms with van der Waals surface area (Å²) in [5, 5.41) is -0.184. The standard InChI is InChI=1S/C13H13BrClFN2/c1-7(15)12-17-10-6-9(16)8(14)5-11(10)18(12)13(2)3-4-13/h5-7H,3-4H2,1-2H3. The molecule has 0 aliphatic heterocycles. The molecule has 3 rings (SSSR count). The third-order valence-electron chi connectivity index (χ3n) is 3.59. The summed E-state index contributed by atoms with van der Waals surface area (Å²) in [6.07, 6.45) is 2.23. The number of imidazole rings is 1. The Balaban J connectivity index is 2.35. The highest BCUT2D eigenvalue weighted by Crippen LogP contribution is 2.47. The van der Waals surface area contributed by atoms with Gasteiger partial charge in [0.25, 0.3) is 0 Å². The van der Waals surface area contributed by atoms with Crippen molar-refractivity contribution in [2.45, 2.75) is 37.6 Å². The molecule has 2 nitrogen and oxygen atoms in total. The first-order chi connectivity index (χ1) is 8.42. The molecular weight excluding hydrogens is 319 g/mol. The molecule has 1 fully saturated rings. The van der Waals surface area contributed by atoms with E-state index in [4.69, 9.17) is 11.6 Å². The minimum absolute atomic E-state index is 0.0878. The zero-order valence-corrected chi connectivity index (χ0v) is 12.5. The summed E-state index contributed by atoms with van der Waals surface area (Å²) in [6.45, 7) is 4.09. The fourth-order valence-corrected chi connectivity index (χ4v) is 2.81. The lowest BCUT2D eigenvalue weighted by atomic mass is 10.2. The molecule has 0 spiro atoms. The summed E-state index contributed by atoms with van der Waals surface area (Å²) in [5.41, 5.74) is 1.71. The highest BCUT2D eigenvalue weighted by molar-refractivity contribution is 9.10. The Morgan fingerprint density at radius 1 is 1.50 bits per heavy atom. The number of aromatic nitrogens is 2. The van der Waals surface area contributed by atoms with Crippen LogP contribution < -0.4 is 0 Å². The molecule has 1 aliphatic carbocycles.